The summed E-state index contributed by atoms with van der Waals surface area (Å²) in [6.07, 6.45) is -0.704. The second kappa shape index (κ2) is 5.78. The second-order valence-electron chi connectivity index (χ2n) is 4.53. The molecule has 1 saturated heterocycles. The number of carboxylic acids is 1. The molecule has 1 unspecified atom stereocenters. The lowest BCUT2D eigenvalue weighted by molar-refractivity contribution is -0.144. The van der Waals surface area contributed by atoms with Crippen molar-refractivity contribution in [3.05, 3.63) is 29.6 Å². The second-order valence-corrected chi connectivity index (χ2v) is 4.53. The maximum Gasteiger partial charge on any atom is 0.323 e. The molecule has 0 saturated carbocycles. The van der Waals surface area contributed by atoms with Crippen LogP contribution in [0.5, 0.6) is 5.75 Å². The van der Waals surface area contributed by atoms with E-state index < -0.39 is 41.8 Å². The number of likely N-dealkylation sites (tertiary alicyclic amines) is 1. The fraction of sp³-hybridized carbons (Fsp3) is 0.308. The van der Waals surface area contributed by atoms with Crippen molar-refractivity contribution in [3.63, 3.8) is 0 Å². The number of aliphatic carboxylic acids is 1. The van der Waals surface area contributed by atoms with Crippen LogP contribution in [0.15, 0.2) is 18.2 Å². The lowest BCUT2D eigenvalue weighted by atomic mass is 10.1. The van der Waals surface area contributed by atoms with Gasteiger partial charge in [-0.2, -0.15) is 0 Å². The molecule has 7 nitrogen and oxygen atoms in total. The Bertz CT molecular complexity index is 604. The molecule has 8 heteroatoms. The molecular formula is C13H13FN2O5. The molecule has 1 fully saturated rings. The van der Waals surface area contributed by atoms with E-state index >= 15 is 0 Å². The fourth-order valence-corrected chi connectivity index (χ4v) is 2.13. The third-order valence-electron chi connectivity index (χ3n) is 3.07. The van der Waals surface area contributed by atoms with E-state index in [0.717, 1.165) is 11.0 Å². The number of primary amides is 1. The number of carbonyl (C=O) groups is 3. The van der Waals surface area contributed by atoms with E-state index in [1.54, 1.807) is 0 Å². The Morgan fingerprint density at radius 1 is 1.48 bits per heavy atom. The zero-order valence-corrected chi connectivity index (χ0v) is 10.9. The normalized spacial score (nSPS) is 17.9. The number of rotatable bonds is 5. The summed E-state index contributed by atoms with van der Waals surface area (Å²) in [5.41, 5.74) is 4.66. The van der Waals surface area contributed by atoms with Gasteiger partial charge in [-0.3, -0.25) is 14.4 Å². The van der Waals surface area contributed by atoms with Gasteiger partial charge in [0.05, 0.1) is 0 Å². The lowest BCUT2D eigenvalue weighted by Gasteiger charge is -2.16. The molecule has 1 aromatic rings. The molecule has 1 aromatic carbocycles. The zero-order chi connectivity index (χ0) is 15.6. The molecule has 1 heterocycles. The smallest absolute Gasteiger partial charge is 0.323 e. The number of hydrogen-bond acceptors (Lipinski definition) is 4. The van der Waals surface area contributed by atoms with E-state index in [1.807, 2.05) is 0 Å². The highest BCUT2D eigenvalue weighted by atomic mass is 19.1. The van der Waals surface area contributed by atoms with E-state index in [0.29, 0.717) is 0 Å². The molecule has 1 aliphatic rings. The first kappa shape index (κ1) is 14.8. The highest BCUT2D eigenvalue weighted by molar-refractivity contribution is 5.96. The molecule has 1 atom stereocenters. The summed E-state index contributed by atoms with van der Waals surface area (Å²) in [6, 6.07) is 3.71. The van der Waals surface area contributed by atoms with E-state index in [2.05, 4.69) is 0 Å². The van der Waals surface area contributed by atoms with Crippen molar-refractivity contribution in [2.45, 2.75) is 12.5 Å². The predicted octanol–water partition coefficient (Wildman–Crippen LogP) is -0.0111. The number of benzene rings is 1. The molecule has 21 heavy (non-hydrogen) atoms. The van der Waals surface area contributed by atoms with E-state index in [9.17, 15) is 18.8 Å². The van der Waals surface area contributed by atoms with Gasteiger partial charge in [0.25, 0.3) is 11.8 Å². The highest BCUT2D eigenvalue weighted by Gasteiger charge is 2.35. The Balaban J connectivity index is 2.17. The number of hydrogen-bond donors (Lipinski definition) is 2. The minimum atomic E-state index is -1.13. The minimum Gasteiger partial charge on any atom is -0.480 e. The Kier molecular flexibility index (Phi) is 4.06. The summed E-state index contributed by atoms with van der Waals surface area (Å²) in [4.78, 5) is 34.9. The lowest BCUT2D eigenvalue weighted by Crippen LogP contribution is -2.36. The van der Waals surface area contributed by atoms with Gasteiger partial charge in [0.15, 0.2) is 6.10 Å². The summed E-state index contributed by atoms with van der Waals surface area (Å²) < 4.78 is 18.9. The summed E-state index contributed by atoms with van der Waals surface area (Å²) in [5, 5.41) is 8.68. The molecule has 2 amide bonds. The number of carbonyl (C=O) groups excluding carboxylic acids is 2. The molecule has 0 bridgehead atoms. The van der Waals surface area contributed by atoms with Crippen LogP contribution in [0.25, 0.3) is 0 Å². The van der Waals surface area contributed by atoms with Crippen molar-refractivity contribution in [1.82, 2.24) is 4.90 Å². The average molecular weight is 296 g/mol. The molecule has 2 rings (SSSR count). The van der Waals surface area contributed by atoms with Gasteiger partial charge in [-0.1, -0.05) is 6.07 Å². The molecule has 1 aliphatic heterocycles. The van der Waals surface area contributed by atoms with Gasteiger partial charge in [-0.15, -0.1) is 0 Å². The predicted molar refractivity (Wildman–Crippen MR) is 68.2 cm³/mol. The van der Waals surface area contributed by atoms with Crippen molar-refractivity contribution in [3.8, 4) is 5.75 Å². The van der Waals surface area contributed by atoms with Crippen LogP contribution in [-0.4, -0.2) is 47.0 Å². The number of amides is 2. The van der Waals surface area contributed by atoms with Crippen molar-refractivity contribution in [2.24, 2.45) is 5.73 Å². The van der Waals surface area contributed by atoms with Crippen molar-refractivity contribution < 1.29 is 28.6 Å². The van der Waals surface area contributed by atoms with Gasteiger partial charge >= 0.3 is 5.97 Å². The van der Waals surface area contributed by atoms with Crippen LogP contribution in [0.1, 0.15) is 16.8 Å². The topological polar surface area (TPSA) is 110 Å². The SMILES string of the molecule is NC(=O)c1c(F)cccc1OC1CCN(CC(=O)O)C1=O. The number of halogens is 1. The van der Waals surface area contributed by atoms with Crippen LogP contribution in [0.3, 0.4) is 0 Å². The summed E-state index contributed by atoms with van der Waals surface area (Å²) in [5.74, 6) is -3.62. The first-order chi connectivity index (χ1) is 9.90. The van der Waals surface area contributed by atoms with Crippen LogP contribution >= 0.6 is 0 Å². The van der Waals surface area contributed by atoms with E-state index in [4.69, 9.17) is 15.6 Å². The molecule has 112 valence electrons. The van der Waals surface area contributed by atoms with E-state index in [-0.39, 0.29) is 18.7 Å². The molecule has 0 radical (unpaired) electrons. The molecule has 0 spiro atoms. The van der Waals surface area contributed by atoms with Gasteiger partial charge in [0, 0.05) is 13.0 Å². The van der Waals surface area contributed by atoms with Crippen molar-refractivity contribution >= 4 is 17.8 Å². The van der Waals surface area contributed by atoms with Crippen LogP contribution in [-0.2, 0) is 9.59 Å². The number of carboxylic acid groups (broad SMARTS) is 1. The first-order valence-electron chi connectivity index (χ1n) is 6.15. The zero-order valence-electron chi connectivity index (χ0n) is 10.9. The first-order valence-corrected chi connectivity index (χ1v) is 6.15. The Morgan fingerprint density at radius 2 is 2.19 bits per heavy atom. The van der Waals surface area contributed by atoms with Gasteiger partial charge in [0.1, 0.15) is 23.7 Å². The van der Waals surface area contributed by atoms with Crippen molar-refractivity contribution in [1.29, 1.82) is 0 Å². The van der Waals surface area contributed by atoms with Gasteiger partial charge in [0.2, 0.25) is 0 Å². The Labute approximate surface area is 119 Å². The third-order valence-corrected chi connectivity index (χ3v) is 3.07. The van der Waals surface area contributed by atoms with E-state index in [1.165, 1.54) is 12.1 Å². The number of nitrogens with zero attached hydrogens (tertiary/aromatic N) is 1. The number of ether oxygens (including phenoxy) is 1. The molecule has 3 N–H and O–H groups in total. The molecule has 0 aliphatic carbocycles. The quantitative estimate of drug-likeness (QED) is 0.794. The highest BCUT2D eigenvalue weighted by Crippen LogP contribution is 2.25. The standard InChI is InChI=1S/C13H13FN2O5/c14-7-2-1-3-8(11(7)12(15)19)21-9-4-5-16(13(9)20)6-10(17)18/h1-3,9H,4-6H2,(H2,15,19)(H,17,18). The molecular weight excluding hydrogens is 283 g/mol. The summed E-state index contributed by atoms with van der Waals surface area (Å²) in [7, 11) is 0. The van der Waals surface area contributed by atoms with Crippen LogP contribution in [0.2, 0.25) is 0 Å². The maximum absolute atomic E-state index is 13.6. The Hall–Kier alpha value is -2.64. The minimum absolute atomic E-state index is 0.127. The average Bonchev–Trinajstić information content (AvgIpc) is 2.70. The fourth-order valence-electron chi connectivity index (χ4n) is 2.13. The number of nitrogens with two attached hydrogens (primary N) is 1. The monoisotopic (exact) mass is 296 g/mol. The van der Waals surface area contributed by atoms with Crippen molar-refractivity contribution in [2.75, 3.05) is 13.1 Å². The van der Waals surface area contributed by atoms with Crippen LogP contribution in [0, 0.1) is 5.82 Å². The van der Waals surface area contributed by atoms with Gasteiger partial charge < -0.3 is 20.5 Å². The maximum atomic E-state index is 13.6. The largest absolute Gasteiger partial charge is 0.480 e. The summed E-state index contributed by atoms with van der Waals surface area (Å²) >= 11 is 0. The van der Waals surface area contributed by atoms with Crippen LogP contribution < -0.4 is 10.5 Å². The Morgan fingerprint density at radius 3 is 2.81 bits per heavy atom. The summed E-state index contributed by atoms with van der Waals surface area (Å²) in [6.45, 7) is -0.207. The third kappa shape index (κ3) is 3.10. The van der Waals surface area contributed by atoms with Gasteiger partial charge in [-0.25, -0.2) is 4.39 Å². The molecule has 0 aromatic heterocycles. The van der Waals surface area contributed by atoms with Gasteiger partial charge in [-0.05, 0) is 12.1 Å². The van der Waals surface area contributed by atoms with Crippen LogP contribution in [0.4, 0.5) is 4.39 Å².